The van der Waals surface area contributed by atoms with Crippen LogP contribution in [0, 0.1) is 0 Å². The summed E-state index contributed by atoms with van der Waals surface area (Å²) in [4.78, 5) is 0. The molecule has 0 fully saturated rings. The Kier molecular flexibility index (Phi) is 17.6. The van der Waals surface area contributed by atoms with Gasteiger partial charge >= 0.3 is 166 Å². The maximum absolute atomic E-state index is 9.96. The second-order valence-corrected chi connectivity index (χ2v) is 13.0. The molecule has 2 aromatic rings. The van der Waals surface area contributed by atoms with E-state index in [1.807, 2.05) is 0 Å². The van der Waals surface area contributed by atoms with Crippen molar-refractivity contribution in [1.29, 1.82) is 0 Å². The summed E-state index contributed by atoms with van der Waals surface area (Å²) >= 11 is 7.62. The predicted molar refractivity (Wildman–Crippen MR) is 148 cm³/mol. The van der Waals surface area contributed by atoms with E-state index >= 15 is 0 Å². The van der Waals surface area contributed by atoms with Gasteiger partial charge in [-0.3, -0.25) is 0 Å². The fourth-order valence-electron chi connectivity index (χ4n) is 3.55. The van der Waals surface area contributed by atoms with Gasteiger partial charge in [0.2, 0.25) is 0 Å². The largest absolute Gasteiger partial charge is 0.867 e. The number of benzene rings is 2. The molecule has 0 aromatic heterocycles. The normalized spacial score (nSPS) is 10.1. The number of aryl methyl sites for hydroxylation is 2. The molecule has 0 atom stereocenters. The topological polar surface area (TPSA) is 46.1 Å². The fraction of sp³-hybridized carbons (Fsp3) is 0.500. The summed E-state index contributed by atoms with van der Waals surface area (Å²) in [6.07, 6.45) is 13.6. The molecule has 0 unspecified atom stereocenters. The molecule has 0 saturated carbocycles. The molecule has 0 bridgehead atoms. The Morgan fingerprint density at radius 3 is 1.39 bits per heavy atom. The zero-order valence-corrected chi connectivity index (χ0v) is 24.7. The van der Waals surface area contributed by atoms with Crippen LogP contribution in [0.3, 0.4) is 0 Å². The van der Waals surface area contributed by atoms with E-state index in [1.54, 1.807) is 18.3 Å². The Hall–Kier alpha value is -0.981. The minimum absolute atomic E-state index is 0.109. The van der Waals surface area contributed by atoms with E-state index in [4.69, 9.17) is 0 Å². The van der Waals surface area contributed by atoms with Gasteiger partial charge in [0, 0.05) is 0 Å². The molecule has 33 heavy (non-hydrogen) atoms. The molecule has 0 aliphatic rings. The minimum Gasteiger partial charge on any atom is -0.867 e. The molecule has 2 nitrogen and oxygen atoms in total. The van der Waals surface area contributed by atoms with Crippen molar-refractivity contribution in [1.82, 2.24) is 0 Å². The van der Waals surface area contributed by atoms with Crippen LogP contribution in [-0.4, -0.2) is 31.2 Å². The zero-order valence-electron chi connectivity index (χ0n) is 20.2. The first-order valence-electron chi connectivity index (χ1n) is 12.3. The van der Waals surface area contributed by atoms with E-state index < -0.39 is 31.2 Å². The average Bonchev–Trinajstić information content (AvgIpc) is 2.80. The summed E-state index contributed by atoms with van der Waals surface area (Å²) in [5, 5.41) is 19.1. The zero-order chi connectivity index (χ0) is 24.3. The molecule has 0 amide bonds. The van der Waals surface area contributed by atoms with Crippen LogP contribution in [0.1, 0.15) is 89.2 Å². The van der Waals surface area contributed by atoms with Crippen molar-refractivity contribution in [2.45, 2.75) is 90.9 Å². The number of hydrogen-bond donors (Lipinski definition) is 0. The molecule has 0 aliphatic carbocycles. The van der Waals surface area contributed by atoms with Crippen LogP contribution in [-0.2, 0) is 12.8 Å². The van der Waals surface area contributed by atoms with Gasteiger partial charge in [-0.15, -0.1) is 24.4 Å². The van der Waals surface area contributed by atoms with Gasteiger partial charge in [-0.2, -0.15) is 0 Å². The smallest absolute Gasteiger partial charge is 0.0283 e. The van der Waals surface area contributed by atoms with E-state index in [-0.39, 0.29) is 12.8 Å². The van der Waals surface area contributed by atoms with E-state index in [1.165, 1.54) is 64.2 Å². The summed E-state index contributed by atoms with van der Waals surface area (Å²) in [7, 11) is 0. The van der Waals surface area contributed by atoms with E-state index in [9.17, 15) is 10.2 Å². The third-order valence-electron chi connectivity index (χ3n) is 5.44. The van der Waals surface area contributed by atoms with Crippen molar-refractivity contribution in [3.63, 3.8) is 0 Å². The molecular weight excluding hydrogens is 551 g/mol. The molecule has 2 aromatic carbocycles. The summed E-state index contributed by atoms with van der Waals surface area (Å²) < 4.78 is 3.40. The van der Waals surface area contributed by atoms with Crippen LogP contribution in [0.5, 0.6) is 0 Å². The second-order valence-electron chi connectivity index (χ2n) is 8.30. The number of rotatable bonds is 15. The third kappa shape index (κ3) is 14.8. The number of unbranched alkanes of at least 4 members (excludes halogenated alkanes) is 6. The maximum Gasteiger partial charge on any atom is -0.0283 e. The quantitative estimate of drug-likeness (QED) is 0.171. The van der Waals surface area contributed by atoms with Gasteiger partial charge < -0.3 is 10.2 Å². The third-order valence-corrected chi connectivity index (χ3v) is 10.2. The van der Waals surface area contributed by atoms with Gasteiger partial charge in [0.25, 0.3) is 0 Å². The van der Waals surface area contributed by atoms with Gasteiger partial charge in [0.1, 0.15) is 0 Å². The molecule has 0 spiro atoms. The second kappa shape index (κ2) is 19.3. The number of hydrogen-bond acceptors (Lipinski definition) is 4. The summed E-state index contributed by atoms with van der Waals surface area (Å²) in [5.74, 6) is 0. The molecule has 178 valence electrons. The van der Waals surface area contributed by atoms with E-state index in [0.29, 0.717) is 0 Å². The SMILES string of the molecule is CCCCCCc1cccc[c]1[Sn+2][c]1ccccc1CCCCCC.[O-]C(=S)CCC([O-])=S. The Balaban J connectivity index is 0.000000582. The molecule has 2 rings (SSSR count). The Morgan fingerprint density at radius 2 is 1.03 bits per heavy atom. The van der Waals surface area contributed by atoms with Crippen LogP contribution in [0.2, 0.25) is 0 Å². The van der Waals surface area contributed by atoms with Gasteiger partial charge in [0.15, 0.2) is 0 Å². The van der Waals surface area contributed by atoms with Crippen molar-refractivity contribution in [2.24, 2.45) is 0 Å². The molecule has 0 saturated heterocycles. The molecular formula is C28H38O2S2Sn. The Morgan fingerprint density at radius 1 is 0.636 bits per heavy atom. The standard InChI is InChI=1S/2C12H17.C4H6O2S2.Sn/c2*1-2-3-4-6-9-12-10-7-5-8-11-12;5-3(7)1-2-4(6)8;/h2*5,7-8,10H,2-4,6,9H2,1H3;1-2H2,(H,5,7)(H,6,8);/q;;;+2/p-2. The first kappa shape index (κ1) is 30.0. The summed E-state index contributed by atoms with van der Waals surface area (Å²) in [6.45, 7) is 4.58. The van der Waals surface area contributed by atoms with Crippen molar-refractivity contribution >= 4 is 62.8 Å². The first-order chi connectivity index (χ1) is 16.0. The molecule has 0 radical (unpaired) electrons. The molecule has 0 N–H and O–H groups in total. The van der Waals surface area contributed by atoms with Gasteiger partial charge in [-0.05, 0) is 12.8 Å². The molecule has 0 heterocycles. The van der Waals surface area contributed by atoms with Crippen molar-refractivity contribution in [3.8, 4) is 0 Å². The average molecular weight is 589 g/mol. The van der Waals surface area contributed by atoms with Gasteiger partial charge in [0.05, 0.1) is 0 Å². The van der Waals surface area contributed by atoms with Crippen LogP contribution in [0.15, 0.2) is 48.5 Å². The maximum atomic E-state index is 9.96. The monoisotopic (exact) mass is 590 g/mol. The predicted octanol–water partition coefficient (Wildman–Crippen LogP) is 4.73. The molecule has 0 aliphatic heterocycles. The van der Waals surface area contributed by atoms with Crippen LogP contribution in [0.4, 0.5) is 0 Å². The summed E-state index contributed by atoms with van der Waals surface area (Å²) in [5.41, 5.74) is 3.26. The van der Waals surface area contributed by atoms with Crippen LogP contribution >= 0.6 is 24.4 Å². The Bertz CT molecular complexity index is 756. The van der Waals surface area contributed by atoms with Gasteiger partial charge in [-0.25, -0.2) is 0 Å². The molecule has 5 heteroatoms. The number of thiocarbonyl (C=S) groups is 2. The fourth-order valence-corrected chi connectivity index (χ4v) is 7.72. The van der Waals surface area contributed by atoms with E-state index in [2.05, 4.69) is 86.8 Å². The van der Waals surface area contributed by atoms with E-state index in [0.717, 1.165) is 0 Å². The van der Waals surface area contributed by atoms with Gasteiger partial charge in [-0.1, -0.05) is 10.1 Å². The van der Waals surface area contributed by atoms with Crippen molar-refractivity contribution in [2.75, 3.05) is 0 Å². The first-order valence-corrected chi connectivity index (χ1v) is 16.0. The van der Waals surface area contributed by atoms with Crippen molar-refractivity contribution < 1.29 is 10.2 Å². The summed E-state index contributed by atoms with van der Waals surface area (Å²) in [6, 6.07) is 18.5. The van der Waals surface area contributed by atoms with Crippen molar-refractivity contribution in [3.05, 3.63) is 59.7 Å². The van der Waals surface area contributed by atoms with Crippen LogP contribution < -0.4 is 17.4 Å². The Labute approximate surface area is 222 Å². The minimum atomic E-state index is -0.698. The van der Waals surface area contributed by atoms with Crippen LogP contribution in [0.25, 0.3) is 0 Å².